The van der Waals surface area contributed by atoms with Crippen LogP contribution in [0.1, 0.15) is 25.3 Å². The molecule has 0 aromatic carbocycles. The highest BCUT2D eigenvalue weighted by atomic mass is 32.1. The Kier molecular flexibility index (Phi) is 5.14. The van der Waals surface area contributed by atoms with Crippen molar-refractivity contribution < 1.29 is 5.21 Å². The van der Waals surface area contributed by atoms with Crippen LogP contribution in [0, 0.1) is 0 Å². The van der Waals surface area contributed by atoms with Crippen LogP contribution in [0.25, 0.3) is 0 Å². The zero-order valence-corrected chi connectivity index (χ0v) is 9.63. The Morgan fingerprint density at radius 3 is 3.07 bits per heavy atom. The second kappa shape index (κ2) is 6.42. The number of thiophene rings is 1. The molecule has 0 spiro atoms. The van der Waals surface area contributed by atoms with Gasteiger partial charge in [-0.2, -0.15) is 11.3 Å². The van der Waals surface area contributed by atoms with Gasteiger partial charge in [0.2, 0.25) is 0 Å². The third-order valence-electron chi connectivity index (χ3n) is 2.25. The molecule has 0 radical (unpaired) electrons. The Balaban J connectivity index is 2.34. The summed E-state index contributed by atoms with van der Waals surface area (Å²) >= 11 is 1.69. The van der Waals surface area contributed by atoms with Crippen LogP contribution in [0.2, 0.25) is 0 Å². The Morgan fingerprint density at radius 2 is 2.53 bits per heavy atom. The number of nitrogens with zero attached hydrogens (tertiary/aromatic N) is 1. The topological polar surface area (TPSA) is 70.6 Å². The Labute approximate surface area is 93.8 Å². The van der Waals surface area contributed by atoms with Crippen molar-refractivity contribution in [2.45, 2.75) is 32.4 Å². The molecule has 5 heteroatoms. The number of nitrogens with two attached hydrogens (primary N) is 1. The number of amidine groups is 1. The first-order valence-electron chi connectivity index (χ1n) is 4.97. The molecule has 1 heterocycles. The van der Waals surface area contributed by atoms with Crippen LogP contribution in [0.5, 0.6) is 0 Å². The first kappa shape index (κ1) is 12.0. The largest absolute Gasteiger partial charge is 0.409 e. The van der Waals surface area contributed by atoms with Crippen LogP contribution >= 0.6 is 11.3 Å². The van der Waals surface area contributed by atoms with Gasteiger partial charge in [0.05, 0.1) is 0 Å². The molecule has 4 N–H and O–H groups in total. The van der Waals surface area contributed by atoms with E-state index < -0.39 is 0 Å². The van der Waals surface area contributed by atoms with E-state index in [9.17, 15) is 0 Å². The standard InChI is InChI=1S/C10H17N3OS/c1-2-9(5-10(11)13-14)12-6-8-3-4-15-7-8/h3-4,7,9,12,14H,2,5-6H2,1H3,(H2,11,13). The van der Waals surface area contributed by atoms with E-state index >= 15 is 0 Å². The van der Waals surface area contributed by atoms with E-state index in [0.29, 0.717) is 6.42 Å². The summed E-state index contributed by atoms with van der Waals surface area (Å²) in [5.74, 6) is 0.277. The van der Waals surface area contributed by atoms with Crippen LogP contribution in [-0.2, 0) is 6.54 Å². The maximum Gasteiger partial charge on any atom is 0.140 e. The van der Waals surface area contributed by atoms with E-state index in [0.717, 1.165) is 13.0 Å². The van der Waals surface area contributed by atoms with Gasteiger partial charge in [0, 0.05) is 19.0 Å². The van der Waals surface area contributed by atoms with Crippen LogP contribution in [0.3, 0.4) is 0 Å². The van der Waals surface area contributed by atoms with Crippen molar-refractivity contribution in [3.8, 4) is 0 Å². The van der Waals surface area contributed by atoms with E-state index in [-0.39, 0.29) is 11.9 Å². The fourth-order valence-electron chi connectivity index (χ4n) is 1.31. The molecule has 0 aliphatic heterocycles. The minimum Gasteiger partial charge on any atom is -0.409 e. The molecule has 0 saturated carbocycles. The monoisotopic (exact) mass is 227 g/mol. The summed E-state index contributed by atoms with van der Waals surface area (Å²) in [6.07, 6.45) is 1.54. The number of hydrogen-bond donors (Lipinski definition) is 3. The molecule has 1 atom stereocenters. The summed E-state index contributed by atoms with van der Waals surface area (Å²) in [6.45, 7) is 2.91. The first-order valence-corrected chi connectivity index (χ1v) is 5.91. The molecule has 1 rings (SSSR count). The molecule has 0 saturated heterocycles. The maximum absolute atomic E-state index is 8.47. The lowest BCUT2D eigenvalue weighted by Gasteiger charge is -2.15. The summed E-state index contributed by atoms with van der Waals surface area (Å²) in [5, 5.41) is 19.0. The zero-order valence-electron chi connectivity index (χ0n) is 8.81. The molecular weight excluding hydrogens is 210 g/mol. The third kappa shape index (κ3) is 4.31. The SMILES string of the molecule is CCC(CC(N)=NO)NCc1ccsc1. The smallest absolute Gasteiger partial charge is 0.140 e. The van der Waals surface area contributed by atoms with E-state index in [4.69, 9.17) is 10.9 Å². The van der Waals surface area contributed by atoms with E-state index in [1.165, 1.54) is 5.56 Å². The predicted octanol–water partition coefficient (Wildman–Crippen LogP) is 1.75. The normalized spacial score (nSPS) is 14.1. The van der Waals surface area contributed by atoms with Crippen molar-refractivity contribution >= 4 is 17.2 Å². The number of oxime groups is 1. The highest BCUT2D eigenvalue weighted by Gasteiger charge is 2.08. The Bertz CT molecular complexity index is 298. The van der Waals surface area contributed by atoms with Gasteiger partial charge in [-0.1, -0.05) is 12.1 Å². The zero-order chi connectivity index (χ0) is 11.1. The van der Waals surface area contributed by atoms with Crippen molar-refractivity contribution in [3.05, 3.63) is 22.4 Å². The van der Waals surface area contributed by atoms with Gasteiger partial charge < -0.3 is 16.3 Å². The van der Waals surface area contributed by atoms with Crippen LogP contribution in [-0.4, -0.2) is 17.1 Å². The average Bonchev–Trinajstić information content (AvgIpc) is 2.76. The molecule has 15 heavy (non-hydrogen) atoms. The average molecular weight is 227 g/mol. The van der Waals surface area contributed by atoms with Gasteiger partial charge in [-0.05, 0) is 28.8 Å². The highest BCUT2D eigenvalue weighted by Crippen LogP contribution is 2.07. The summed E-state index contributed by atoms with van der Waals surface area (Å²) in [6, 6.07) is 2.36. The molecule has 0 amide bonds. The fourth-order valence-corrected chi connectivity index (χ4v) is 1.98. The Morgan fingerprint density at radius 1 is 1.73 bits per heavy atom. The summed E-state index contributed by atoms with van der Waals surface area (Å²) in [5.41, 5.74) is 6.74. The van der Waals surface area contributed by atoms with E-state index in [1.807, 2.05) is 0 Å². The lowest BCUT2D eigenvalue weighted by Crippen LogP contribution is -2.32. The van der Waals surface area contributed by atoms with E-state index in [2.05, 4.69) is 34.2 Å². The second-order valence-corrected chi connectivity index (χ2v) is 4.19. The first-order chi connectivity index (χ1) is 7.26. The molecule has 1 aromatic heterocycles. The van der Waals surface area contributed by atoms with Gasteiger partial charge in [-0.25, -0.2) is 0 Å². The van der Waals surface area contributed by atoms with Crippen molar-refractivity contribution in [2.24, 2.45) is 10.9 Å². The molecule has 0 aliphatic carbocycles. The summed E-state index contributed by atoms with van der Waals surface area (Å²) in [4.78, 5) is 0. The molecular formula is C10H17N3OS. The van der Waals surface area contributed by atoms with Gasteiger partial charge in [-0.15, -0.1) is 0 Å². The molecule has 4 nitrogen and oxygen atoms in total. The molecule has 84 valence electrons. The van der Waals surface area contributed by atoms with Crippen LogP contribution < -0.4 is 11.1 Å². The van der Waals surface area contributed by atoms with Crippen molar-refractivity contribution in [2.75, 3.05) is 0 Å². The third-order valence-corrected chi connectivity index (χ3v) is 2.98. The lowest BCUT2D eigenvalue weighted by molar-refractivity contribution is 0.315. The second-order valence-electron chi connectivity index (χ2n) is 3.41. The minimum absolute atomic E-state index is 0.265. The molecule has 0 fully saturated rings. The van der Waals surface area contributed by atoms with Crippen LogP contribution in [0.4, 0.5) is 0 Å². The van der Waals surface area contributed by atoms with Gasteiger partial charge in [0.25, 0.3) is 0 Å². The highest BCUT2D eigenvalue weighted by molar-refractivity contribution is 7.07. The lowest BCUT2D eigenvalue weighted by atomic mass is 10.1. The Hall–Kier alpha value is -1.07. The van der Waals surface area contributed by atoms with E-state index in [1.54, 1.807) is 11.3 Å². The maximum atomic E-state index is 8.47. The van der Waals surface area contributed by atoms with Gasteiger partial charge >= 0.3 is 0 Å². The number of nitrogens with one attached hydrogen (secondary N) is 1. The van der Waals surface area contributed by atoms with Gasteiger partial charge in [0.15, 0.2) is 0 Å². The van der Waals surface area contributed by atoms with Crippen molar-refractivity contribution in [1.29, 1.82) is 0 Å². The van der Waals surface area contributed by atoms with Gasteiger partial charge in [0.1, 0.15) is 5.84 Å². The van der Waals surface area contributed by atoms with Crippen molar-refractivity contribution in [1.82, 2.24) is 5.32 Å². The number of rotatable bonds is 6. The molecule has 0 bridgehead atoms. The molecule has 0 aliphatic rings. The molecule has 1 unspecified atom stereocenters. The van der Waals surface area contributed by atoms with Crippen molar-refractivity contribution in [3.63, 3.8) is 0 Å². The minimum atomic E-state index is 0.265. The molecule has 1 aromatic rings. The quantitative estimate of drug-likeness (QED) is 0.300. The predicted molar refractivity (Wildman–Crippen MR) is 63.3 cm³/mol. The fraction of sp³-hybridized carbons (Fsp3) is 0.500. The number of hydrogen-bond acceptors (Lipinski definition) is 4. The van der Waals surface area contributed by atoms with Gasteiger partial charge in [-0.3, -0.25) is 0 Å². The summed E-state index contributed by atoms with van der Waals surface area (Å²) < 4.78 is 0. The van der Waals surface area contributed by atoms with Crippen LogP contribution in [0.15, 0.2) is 22.0 Å². The summed E-state index contributed by atoms with van der Waals surface area (Å²) in [7, 11) is 0.